The summed E-state index contributed by atoms with van der Waals surface area (Å²) in [4.78, 5) is 6.39. The fourth-order valence-corrected chi connectivity index (χ4v) is 4.73. The van der Waals surface area contributed by atoms with Crippen LogP contribution < -0.4 is 5.32 Å². The second-order valence-electron chi connectivity index (χ2n) is 7.75. The van der Waals surface area contributed by atoms with E-state index in [-0.39, 0.29) is 18.7 Å². The lowest BCUT2D eigenvalue weighted by atomic mass is 9.97. The molecule has 0 spiro atoms. The molecule has 0 amide bonds. The van der Waals surface area contributed by atoms with Gasteiger partial charge in [0.25, 0.3) is 0 Å². The average molecular weight is 461 g/mol. The van der Waals surface area contributed by atoms with Crippen LogP contribution in [0.2, 0.25) is 0 Å². The molecule has 3 aromatic rings. The second kappa shape index (κ2) is 8.55. The number of hydrogen-bond donors (Lipinski definition) is 2. The van der Waals surface area contributed by atoms with Gasteiger partial charge in [-0.2, -0.15) is 13.2 Å². The van der Waals surface area contributed by atoms with Gasteiger partial charge in [0.1, 0.15) is 0 Å². The molecular weight excluding hydrogens is 437 g/mol. The van der Waals surface area contributed by atoms with Crippen molar-refractivity contribution in [3.63, 3.8) is 0 Å². The smallest absolute Gasteiger partial charge is 0.395 e. The summed E-state index contributed by atoms with van der Waals surface area (Å²) in [6.07, 6.45) is -2.71. The Morgan fingerprint density at radius 3 is 2.56 bits per heavy atom. The molecule has 168 valence electrons. The fourth-order valence-electron chi connectivity index (χ4n) is 4.40. The zero-order chi connectivity index (χ0) is 23.0. The van der Waals surface area contributed by atoms with E-state index in [1.807, 2.05) is 47.6 Å². The normalized spacial score (nSPS) is 18.8. The van der Waals surface area contributed by atoms with Gasteiger partial charge in [-0.3, -0.25) is 4.98 Å². The van der Waals surface area contributed by atoms with E-state index in [9.17, 15) is 18.3 Å². The number of rotatable bonds is 5. The summed E-state index contributed by atoms with van der Waals surface area (Å²) in [7, 11) is 0. The molecule has 2 N–H and O–H groups in total. The zero-order valence-electron chi connectivity index (χ0n) is 17.6. The molecular formula is C23H23F3N4OS. The van der Waals surface area contributed by atoms with Crippen molar-refractivity contribution in [2.75, 3.05) is 13.2 Å². The summed E-state index contributed by atoms with van der Waals surface area (Å²) in [5, 5.41) is 13.4. The first-order valence-electron chi connectivity index (χ1n) is 10.2. The standard InChI is InChI=1S/C23H23F3N4OS/c1-14-12-18(15(2)30(14)17-7-5-6-16(13-17)23(24,25)26)21-20(19-8-3-4-9-27-19)28-22(32)29(21)10-11-31/h3-9,12-13,20-21,31H,10-11H2,1-2H3,(H,28,32)/t20-,21-/m0/s1. The first kappa shape index (κ1) is 22.3. The molecule has 0 saturated carbocycles. The Labute approximate surface area is 189 Å². The van der Waals surface area contributed by atoms with E-state index in [0.29, 0.717) is 17.3 Å². The lowest BCUT2D eigenvalue weighted by Gasteiger charge is -2.27. The van der Waals surface area contributed by atoms with Crippen molar-refractivity contribution < 1.29 is 18.3 Å². The van der Waals surface area contributed by atoms with Crippen LogP contribution in [0.5, 0.6) is 0 Å². The molecule has 0 radical (unpaired) electrons. The number of aryl methyl sites for hydroxylation is 1. The van der Waals surface area contributed by atoms with Gasteiger partial charge in [-0.05, 0) is 68.0 Å². The molecule has 1 saturated heterocycles. The van der Waals surface area contributed by atoms with Gasteiger partial charge in [-0.25, -0.2) is 0 Å². The Morgan fingerprint density at radius 1 is 1.12 bits per heavy atom. The Bertz CT molecular complexity index is 1130. The third-order valence-corrected chi connectivity index (χ3v) is 6.11. The number of β-amino-alcohol motifs (C(OH)–C–C–N with tert-alkyl or cyclic N) is 1. The van der Waals surface area contributed by atoms with Crippen LogP contribution in [0.1, 0.15) is 40.3 Å². The Hall–Kier alpha value is -2.91. The Morgan fingerprint density at radius 2 is 1.91 bits per heavy atom. The number of halogens is 3. The number of aromatic nitrogens is 2. The van der Waals surface area contributed by atoms with Crippen LogP contribution >= 0.6 is 12.2 Å². The number of benzene rings is 1. The van der Waals surface area contributed by atoms with E-state index in [2.05, 4.69) is 10.3 Å². The highest BCUT2D eigenvalue weighted by Crippen LogP contribution is 2.41. The molecule has 5 nitrogen and oxygen atoms in total. The quantitative estimate of drug-likeness (QED) is 0.550. The molecule has 0 bridgehead atoms. The van der Waals surface area contributed by atoms with Gasteiger partial charge < -0.3 is 19.9 Å². The zero-order valence-corrected chi connectivity index (χ0v) is 18.4. The summed E-state index contributed by atoms with van der Waals surface area (Å²) < 4.78 is 41.7. The summed E-state index contributed by atoms with van der Waals surface area (Å²) in [5.74, 6) is 0. The van der Waals surface area contributed by atoms with Gasteiger partial charge in [0.2, 0.25) is 0 Å². The van der Waals surface area contributed by atoms with E-state index in [4.69, 9.17) is 12.2 Å². The number of aliphatic hydroxyl groups excluding tert-OH is 1. The Kier molecular flexibility index (Phi) is 5.96. The molecule has 2 aromatic heterocycles. The van der Waals surface area contributed by atoms with Gasteiger partial charge in [0.15, 0.2) is 5.11 Å². The van der Waals surface area contributed by atoms with E-state index in [0.717, 1.165) is 34.8 Å². The van der Waals surface area contributed by atoms with Crippen LogP contribution in [0.25, 0.3) is 5.69 Å². The maximum Gasteiger partial charge on any atom is 0.416 e. The van der Waals surface area contributed by atoms with Crippen molar-refractivity contribution in [2.45, 2.75) is 32.1 Å². The number of thiocarbonyl (C=S) groups is 1. The summed E-state index contributed by atoms with van der Waals surface area (Å²) >= 11 is 5.54. The van der Waals surface area contributed by atoms with Crippen LogP contribution in [0.3, 0.4) is 0 Å². The van der Waals surface area contributed by atoms with E-state index >= 15 is 0 Å². The minimum absolute atomic E-state index is 0.0837. The van der Waals surface area contributed by atoms with Crippen LogP contribution in [-0.4, -0.2) is 37.8 Å². The number of aliphatic hydroxyl groups is 1. The van der Waals surface area contributed by atoms with Crippen molar-refractivity contribution in [3.8, 4) is 5.69 Å². The molecule has 4 rings (SSSR count). The molecule has 3 heterocycles. The highest BCUT2D eigenvalue weighted by Gasteiger charge is 2.41. The molecule has 32 heavy (non-hydrogen) atoms. The lowest BCUT2D eigenvalue weighted by molar-refractivity contribution is -0.137. The van der Waals surface area contributed by atoms with Gasteiger partial charge in [0.05, 0.1) is 29.9 Å². The summed E-state index contributed by atoms with van der Waals surface area (Å²) in [6.45, 7) is 3.99. The summed E-state index contributed by atoms with van der Waals surface area (Å²) in [5.41, 5.74) is 3.07. The minimum Gasteiger partial charge on any atom is -0.395 e. The second-order valence-corrected chi connectivity index (χ2v) is 8.14. The fraction of sp³-hybridized carbons (Fsp3) is 0.304. The van der Waals surface area contributed by atoms with Crippen LogP contribution in [0.15, 0.2) is 54.7 Å². The molecule has 0 unspecified atom stereocenters. The van der Waals surface area contributed by atoms with Gasteiger partial charge in [-0.1, -0.05) is 12.1 Å². The van der Waals surface area contributed by atoms with Crippen molar-refractivity contribution >= 4 is 17.3 Å². The number of alkyl halides is 3. The predicted molar refractivity (Wildman–Crippen MR) is 119 cm³/mol. The van der Waals surface area contributed by atoms with Gasteiger partial charge in [0, 0.05) is 29.8 Å². The molecule has 1 aliphatic rings. The lowest BCUT2D eigenvalue weighted by Crippen LogP contribution is -2.32. The molecule has 0 aliphatic carbocycles. The number of pyridine rings is 1. The third-order valence-electron chi connectivity index (χ3n) is 5.76. The van der Waals surface area contributed by atoms with Crippen molar-refractivity contribution in [1.29, 1.82) is 0 Å². The number of nitrogens with zero attached hydrogens (tertiary/aromatic N) is 3. The van der Waals surface area contributed by atoms with Crippen LogP contribution in [0.4, 0.5) is 13.2 Å². The van der Waals surface area contributed by atoms with Gasteiger partial charge >= 0.3 is 6.18 Å². The molecule has 2 atom stereocenters. The first-order valence-corrected chi connectivity index (χ1v) is 10.6. The number of nitrogens with one attached hydrogen (secondary N) is 1. The molecule has 1 aromatic carbocycles. The van der Waals surface area contributed by atoms with E-state index in [1.165, 1.54) is 6.07 Å². The van der Waals surface area contributed by atoms with Gasteiger partial charge in [-0.15, -0.1) is 0 Å². The number of hydrogen-bond acceptors (Lipinski definition) is 3. The molecule has 1 aliphatic heterocycles. The van der Waals surface area contributed by atoms with Crippen LogP contribution in [-0.2, 0) is 6.18 Å². The van der Waals surface area contributed by atoms with Crippen molar-refractivity contribution in [1.82, 2.24) is 19.8 Å². The van der Waals surface area contributed by atoms with Crippen LogP contribution in [0, 0.1) is 13.8 Å². The van der Waals surface area contributed by atoms with E-state index < -0.39 is 11.7 Å². The first-order chi connectivity index (χ1) is 15.2. The summed E-state index contributed by atoms with van der Waals surface area (Å²) in [6, 6.07) is 12.4. The maximum absolute atomic E-state index is 13.3. The highest BCUT2D eigenvalue weighted by atomic mass is 32.1. The van der Waals surface area contributed by atoms with Crippen molar-refractivity contribution in [3.05, 3.63) is 82.9 Å². The predicted octanol–water partition coefficient (Wildman–Crippen LogP) is 4.47. The highest BCUT2D eigenvalue weighted by molar-refractivity contribution is 7.80. The largest absolute Gasteiger partial charge is 0.416 e. The van der Waals surface area contributed by atoms with Crippen molar-refractivity contribution in [2.24, 2.45) is 0 Å². The molecule has 9 heteroatoms. The topological polar surface area (TPSA) is 53.3 Å². The van der Waals surface area contributed by atoms with E-state index in [1.54, 1.807) is 12.3 Å². The monoisotopic (exact) mass is 460 g/mol. The molecule has 1 fully saturated rings. The Balaban J connectivity index is 1.83. The maximum atomic E-state index is 13.3. The average Bonchev–Trinajstić information content (AvgIpc) is 3.24. The third kappa shape index (κ3) is 3.98. The minimum atomic E-state index is -4.42. The SMILES string of the molecule is Cc1cc([C@H]2[C@H](c3ccccn3)NC(=S)N2CCO)c(C)n1-c1cccc(C(F)(F)F)c1.